The molecule has 0 saturated heterocycles. The minimum Gasteiger partial charge on any atom is -0.756 e. The van der Waals surface area contributed by atoms with E-state index in [1.54, 1.807) is 0 Å². The predicted molar refractivity (Wildman–Crippen MR) is 412 cm³/mol. The lowest BCUT2D eigenvalue weighted by Crippen LogP contribution is -2.37. The Morgan fingerprint density at radius 3 is 0.779 bits per heavy atom. The maximum absolute atomic E-state index is 12.9. The molecule has 0 spiro atoms. The summed E-state index contributed by atoms with van der Waals surface area (Å²) in [5, 5.41) is 0. The van der Waals surface area contributed by atoms with Crippen molar-refractivity contribution in [3.63, 3.8) is 0 Å². The molecule has 0 bridgehead atoms. The molecule has 566 valence electrons. The summed E-state index contributed by atoms with van der Waals surface area (Å²) in [6.07, 6.45) is 98.0. The molecule has 10 heteroatoms. The fourth-order valence-corrected chi connectivity index (χ4v) is 14.2. The van der Waals surface area contributed by atoms with Crippen LogP contribution in [0.15, 0.2) is 12.2 Å². The van der Waals surface area contributed by atoms with Crippen LogP contribution in [-0.4, -0.2) is 70.0 Å². The maximum atomic E-state index is 12.9. The summed E-state index contributed by atoms with van der Waals surface area (Å²) < 4.78 is 34.5. The number of esters is 2. The third kappa shape index (κ3) is 81.6. The largest absolute Gasteiger partial charge is 0.756 e. The second-order valence-electron chi connectivity index (χ2n) is 30.9. The van der Waals surface area contributed by atoms with Crippen molar-refractivity contribution in [1.82, 2.24) is 0 Å². The molecule has 0 rings (SSSR count). The number of carbonyl (C=O) groups is 2. The number of phosphoric acid groups is 1. The molecule has 0 saturated carbocycles. The molecule has 9 nitrogen and oxygen atoms in total. The average molecular weight is 1360 g/mol. The van der Waals surface area contributed by atoms with Gasteiger partial charge in [0.05, 0.1) is 27.7 Å². The Bertz CT molecular complexity index is 1600. The highest BCUT2D eigenvalue weighted by Crippen LogP contribution is 2.38. The molecule has 95 heavy (non-hydrogen) atoms. The summed E-state index contributed by atoms with van der Waals surface area (Å²) in [4.78, 5) is 38.2. The predicted octanol–water partition coefficient (Wildman–Crippen LogP) is 27.9. The van der Waals surface area contributed by atoms with Crippen molar-refractivity contribution in [3.05, 3.63) is 12.2 Å². The Balaban J connectivity index is 3.85. The number of likely N-dealkylation sites (N-methyl/N-ethyl adjacent to an activating group) is 1. The fourth-order valence-electron chi connectivity index (χ4n) is 13.5. The van der Waals surface area contributed by atoms with Crippen molar-refractivity contribution >= 4 is 19.8 Å². The van der Waals surface area contributed by atoms with E-state index in [1.165, 1.54) is 405 Å². The van der Waals surface area contributed by atoms with Crippen molar-refractivity contribution in [2.24, 2.45) is 0 Å². The summed E-state index contributed by atoms with van der Waals surface area (Å²) >= 11 is 0. The molecule has 0 fully saturated rings. The maximum Gasteiger partial charge on any atom is 0.306 e. The molecule has 2 atom stereocenters. The molecule has 0 aromatic rings. The third-order valence-corrected chi connectivity index (χ3v) is 21.0. The zero-order chi connectivity index (χ0) is 69.0. The smallest absolute Gasteiger partial charge is 0.306 e. The highest BCUT2D eigenvalue weighted by Gasteiger charge is 2.22. The number of nitrogens with zero attached hydrogens (tertiary/aromatic N) is 1. The third-order valence-electron chi connectivity index (χ3n) is 20.0. The molecular formula is C85H168NO8P. The van der Waals surface area contributed by atoms with Gasteiger partial charge in [-0.05, 0) is 38.5 Å². The number of unbranched alkanes of at least 4 members (excludes halogenated alkanes) is 66. The number of quaternary nitrogens is 1. The molecule has 0 aromatic heterocycles. The van der Waals surface area contributed by atoms with E-state index in [4.69, 9.17) is 18.5 Å². The van der Waals surface area contributed by atoms with Crippen molar-refractivity contribution in [1.29, 1.82) is 0 Å². The highest BCUT2D eigenvalue weighted by atomic mass is 31.2. The molecule has 0 N–H and O–H groups in total. The Hall–Kier alpha value is -1.25. The van der Waals surface area contributed by atoms with Crippen LogP contribution in [0.2, 0.25) is 0 Å². The van der Waals surface area contributed by atoms with Crippen molar-refractivity contribution < 1.29 is 42.1 Å². The highest BCUT2D eigenvalue weighted by molar-refractivity contribution is 7.45. The first-order valence-electron chi connectivity index (χ1n) is 42.9. The van der Waals surface area contributed by atoms with Crippen LogP contribution >= 0.6 is 7.82 Å². The molecular weight excluding hydrogens is 1190 g/mol. The van der Waals surface area contributed by atoms with E-state index in [9.17, 15) is 19.0 Å². The van der Waals surface area contributed by atoms with Crippen LogP contribution in [0, 0.1) is 0 Å². The molecule has 0 amide bonds. The van der Waals surface area contributed by atoms with Gasteiger partial charge in [-0.15, -0.1) is 0 Å². The van der Waals surface area contributed by atoms with Crippen LogP contribution in [0.25, 0.3) is 0 Å². The molecule has 2 unspecified atom stereocenters. The van der Waals surface area contributed by atoms with E-state index in [0.29, 0.717) is 17.4 Å². The lowest BCUT2D eigenvalue weighted by Gasteiger charge is -2.28. The molecule has 0 aliphatic heterocycles. The zero-order valence-electron chi connectivity index (χ0n) is 64.9. The van der Waals surface area contributed by atoms with Crippen LogP contribution in [0.5, 0.6) is 0 Å². The van der Waals surface area contributed by atoms with Gasteiger partial charge < -0.3 is 27.9 Å². The van der Waals surface area contributed by atoms with Gasteiger partial charge >= 0.3 is 11.9 Å². The Labute approximate surface area is 594 Å². The normalized spacial score (nSPS) is 12.9. The van der Waals surface area contributed by atoms with Crippen LogP contribution in [0.1, 0.15) is 470 Å². The summed E-state index contributed by atoms with van der Waals surface area (Å²) in [6, 6.07) is 0. The van der Waals surface area contributed by atoms with Crippen LogP contribution < -0.4 is 4.89 Å². The average Bonchev–Trinajstić information content (AvgIpc) is 2.18. The summed E-state index contributed by atoms with van der Waals surface area (Å²) in [6.45, 7) is 4.35. The Morgan fingerprint density at radius 2 is 0.537 bits per heavy atom. The number of phosphoric ester groups is 1. The van der Waals surface area contributed by atoms with Gasteiger partial charge in [0.25, 0.3) is 7.82 Å². The molecule has 0 aliphatic rings. The second kappa shape index (κ2) is 76.9. The van der Waals surface area contributed by atoms with E-state index >= 15 is 0 Å². The SMILES string of the molecule is CCCCCCCCCC/C=C\CCCCCCCCCCCCCCCCCCCCCCCCCCCCCC(=O)OC(COC(=O)CCCCCCCCCCCCCCCCCCCCCCCCCCCCCCCCCC)COP(=O)([O-])OCC[N+](C)(C)C. The van der Waals surface area contributed by atoms with Crippen molar-refractivity contribution in [2.45, 2.75) is 476 Å². The van der Waals surface area contributed by atoms with Gasteiger partial charge in [-0.3, -0.25) is 14.2 Å². The van der Waals surface area contributed by atoms with Crippen LogP contribution in [-0.2, 0) is 32.7 Å². The first kappa shape index (κ1) is 93.8. The molecule has 0 aromatic carbocycles. The fraction of sp³-hybridized carbons (Fsp3) is 0.953. The van der Waals surface area contributed by atoms with Gasteiger partial charge in [-0.2, -0.15) is 0 Å². The summed E-state index contributed by atoms with van der Waals surface area (Å²) in [7, 11) is 1.20. The van der Waals surface area contributed by atoms with Gasteiger partial charge in [0, 0.05) is 12.8 Å². The first-order valence-corrected chi connectivity index (χ1v) is 44.4. The summed E-state index contributed by atoms with van der Waals surface area (Å²) in [5.41, 5.74) is 0. The Morgan fingerprint density at radius 1 is 0.316 bits per heavy atom. The van der Waals surface area contributed by atoms with E-state index in [0.717, 1.165) is 32.1 Å². The minimum absolute atomic E-state index is 0.0252. The van der Waals surface area contributed by atoms with Gasteiger partial charge in [0.1, 0.15) is 19.8 Å². The van der Waals surface area contributed by atoms with Crippen LogP contribution in [0.3, 0.4) is 0 Å². The standard InChI is InChI=1S/C85H168NO8P/c1-6-8-10-12-14-16-18-20-22-24-26-28-30-32-34-36-38-40-41-42-43-44-45-46-48-50-52-54-56-58-60-62-64-66-68-70-72-74-76-78-85(88)94-83(82-93-95(89,90)92-80-79-86(3,4)5)81-91-84(87)77-75-73-71-69-67-65-63-61-59-57-55-53-51-49-47-39-37-35-33-31-29-27-25-23-21-19-17-15-13-11-9-7-2/h24,26,83H,6-23,25,27-82H2,1-5H3/b26-24-. The van der Waals surface area contributed by atoms with Gasteiger partial charge in [-0.25, -0.2) is 0 Å². The molecule has 0 aliphatic carbocycles. The number of allylic oxidation sites excluding steroid dienone is 2. The van der Waals surface area contributed by atoms with E-state index in [1.807, 2.05) is 21.1 Å². The van der Waals surface area contributed by atoms with Gasteiger partial charge in [0.2, 0.25) is 0 Å². The van der Waals surface area contributed by atoms with E-state index in [-0.39, 0.29) is 32.0 Å². The van der Waals surface area contributed by atoms with Crippen LogP contribution in [0.4, 0.5) is 0 Å². The Kier molecular flexibility index (Phi) is 75.9. The zero-order valence-corrected chi connectivity index (χ0v) is 65.8. The van der Waals surface area contributed by atoms with Gasteiger partial charge in [-0.1, -0.05) is 431 Å². The quantitative estimate of drug-likeness (QED) is 0.0195. The van der Waals surface area contributed by atoms with Crippen molar-refractivity contribution in [2.75, 3.05) is 47.5 Å². The minimum atomic E-state index is -4.64. The number of carbonyl (C=O) groups excluding carboxylic acids is 2. The first-order chi connectivity index (χ1) is 46.5. The lowest BCUT2D eigenvalue weighted by molar-refractivity contribution is -0.870. The lowest BCUT2D eigenvalue weighted by atomic mass is 10.0. The second-order valence-corrected chi connectivity index (χ2v) is 32.3. The topological polar surface area (TPSA) is 111 Å². The van der Waals surface area contributed by atoms with E-state index < -0.39 is 26.5 Å². The summed E-state index contributed by atoms with van der Waals surface area (Å²) in [5.74, 6) is -0.800. The number of hydrogen-bond acceptors (Lipinski definition) is 8. The van der Waals surface area contributed by atoms with Crippen molar-refractivity contribution in [3.8, 4) is 0 Å². The van der Waals surface area contributed by atoms with E-state index in [2.05, 4.69) is 26.0 Å². The monoisotopic (exact) mass is 1360 g/mol. The molecule has 0 heterocycles. The number of hydrogen-bond donors (Lipinski definition) is 0. The number of ether oxygens (including phenoxy) is 2. The van der Waals surface area contributed by atoms with Gasteiger partial charge in [0.15, 0.2) is 6.10 Å². The number of rotatable bonds is 82. The molecule has 0 radical (unpaired) electrons.